The maximum absolute atomic E-state index is 11.7. The zero-order valence-corrected chi connectivity index (χ0v) is 11.4. The zero-order valence-electron chi connectivity index (χ0n) is 10.6. The molecule has 0 bridgehead atoms. The number of methoxy groups -OCH3 is 2. The minimum Gasteiger partial charge on any atom is -0.497 e. The van der Waals surface area contributed by atoms with Gasteiger partial charge in [0.2, 0.25) is 5.91 Å². The summed E-state index contributed by atoms with van der Waals surface area (Å²) >= 11 is 5.92. The second kappa shape index (κ2) is 7.95. The van der Waals surface area contributed by atoms with Crippen molar-refractivity contribution in [3.8, 4) is 5.75 Å². The molecule has 0 aliphatic carbocycles. The number of halogens is 1. The van der Waals surface area contributed by atoms with E-state index in [0.29, 0.717) is 19.6 Å². The molecule has 100 valence electrons. The van der Waals surface area contributed by atoms with Crippen LogP contribution in [0.2, 0.25) is 0 Å². The lowest BCUT2D eigenvalue weighted by atomic mass is 10.1. The summed E-state index contributed by atoms with van der Waals surface area (Å²) in [5.74, 6) is 0.680. The Balaban J connectivity index is 2.39. The van der Waals surface area contributed by atoms with E-state index in [1.807, 2.05) is 24.3 Å². The summed E-state index contributed by atoms with van der Waals surface area (Å²) < 4.78 is 9.98. The molecule has 0 saturated heterocycles. The molecule has 5 heteroatoms. The average molecular weight is 272 g/mol. The number of carbonyl (C=O) groups excluding carboxylic acids is 1. The minimum absolute atomic E-state index is 0.0648. The summed E-state index contributed by atoms with van der Waals surface area (Å²) in [5.41, 5.74) is 0.907. The molecule has 1 rings (SSSR count). The predicted octanol–water partition coefficient (Wildman–Crippen LogP) is 1.61. The summed E-state index contributed by atoms with van der Waals surface area (Å²) in [6.07, 6.45) is 0.313. The van der Waals surface area contributed by atoms with Gasteiger partial charge in [-0.05, 0) is 17.7 Å². The van der Waals surface area contributed by atoms with Gasteiger partial charge in [-0.15, -0.1) is 11.6 Å². The maximum atomic E-state index is 11.7. The van der Waals surface area contributed by atoms with Crippen molar-refractivity contribution in [2.75, 3.05) is 27.4 Å². The lowest BCUT2D eigenvalue weighted by molar-refractivity contribution is -0.120. The third kappa shape index (κ3) is 5.38. The fourth-order valence-corrected chi connectivity index (χ4v) is 1.70. The van der Waals surface area contributed by atoms with E-state index in [-0.39, 0.29) is 11.3 Å². The van der Waals surface area contributed by atoms with Gasteiger partial charge in [-0.25, -0.2) is 0 Å². The quantitative estimate of drug-likeness (QED) is 0.767. The third-order valence-corrected chi connectivity index (χ3v) is 2.65. The van der Waals surface area contributed by atoms with E-state index in [2.05, 4.69) is 5.32 Å². The van der Waals surface area contributed by atoms with Gasteiger partial charge in [0.25, 0.3) is 0 Å². The molecule has 0 aromatic heterocycles. The number of nitrogens with one attached hydrogen (secondary N) is 1. The molecule has 1 atom stereocenters. The lowest BCUT2D eigenvalue weighted by Gasteiger charge is -2.10. The normalized spacial score (nSPS) is 11.9. The number of rotatable bonds is 7. The van der Waals surface area contributed by atoms with Gasteiger partial charge in [-0.2, -0.15) is 0 Å². The van der Waals surface area contributed by atoms with Crippen LogP contribution in [0, 0.1) is 0 Å². The van der Waals surface area contributed by atoms with Crippen LogP contribution in [0.3, 0.4) is 0 Å². The largest absolute Gasteiger partial charge is 0.497 e. The van der Waals surface area contributed by atoms with Gasteiger partial charge in [0.1, 0.15) is 5.75 Å². The second-order valence-corrected chi connectivity index (χ2v) is 4.50. The zero-order chi connectivity index (χ0) is 13.4. The summed E-state index contributed by atoms with van der Waals surface area (Å²) in [5, 5.41) is 2.56. The van der Waals surface area contributed by atoms with Crippen molar-refractivity contribution in [2.24, 2.45) is 0 Å². The van der Waals surface area contributed by atoms with Crippen LogP contribution >= 0.6 is 11.6 Å². The molecule has 4 nitrogen and oxygen atoms in total. The lowest BCUT2D eigenvalue weighted by Crippen LogP contribution is -2.32. The smallest absolute Gasteiger partial charge is 0.224 e. The highest BCUT2D eigenvalue weighted by molar-refractivity contribution is 6.21. The Morgan fingerprint density at radius 2 is 2.22 bits per heavy atom. The predicted molar refractivity (Wildman–Crippen MR) is 71.2 cm³/mol. The fraction of sp³-hybridized carbons (Fsp3) is 0.462. The number of hydrogen-bond acceptors (Lipinski definition) is 3. The van der Waals surface area contributed by atoms with Crippen LogP contribution in [0.1, 0.15) is 5.56 Å². The number of ether oxygens (including phenoxy) is 2. The topological polar surface area (TPSA) is 47.6 Å². The maximum Gasteiger partial charge on any atom is 0.224 e. The van der Waals surface area contributed by atoms with Crippen LogP contribution in [-0.4, -0.2) is 38.7 Å². The van der Waals surface area contributed by atoms with E-state index < -0.39 is 0 Å². The highest BCUT2D eigenvalue weighted by Gasteiger charge is 2.08. The first-order valence-corrected chi connectivity index (χ1v) is 6.12. The third-order valence-electron chi connectivity index (χ3n) is 2.37. The molecule has 18 heavy (non-hydrogen) atoms. The molecule has 1 amide bonds. The standard InChI is InChI=1S/C13H18ClNO3/c1-17-9-11(14)8-15-13(16)7-10-4-3-5-12(6-10)18-2/h3-6,11H,7-9H2,1-2H3,(H,15,16). The van der Waals surface area contributed by atoms with Crippen LogP contribution in [0.25, 0.3) is 0 Å². The minimum atomic E-state index is -0.204. The molecule has 0 saturated carbocycles. The number of amides is 1. The molecule has 0 aliphatic heterocycles. The fourth-order valence-electron chi connectivity index (χ4n) is 1.49. The summed E-state index contributed by atoms with van der Waals surface area (Å²) in [4.78, 5) is 11.7. The van der Waals surface area contributed by atoms with Crippen molar-refractivity contribution in [2.45, 2.75) is 11.8 Å². The van der Waals surface area contributed by atoms with Crippen molar-refractivity contribution in [3.63, 3.8) is 0 Å². The Morgan fingerprint density at radius 3 is 2.89 bits per heavy atom. The highest BCUT2D eigenvalue weighted by atomic mass is 35.5. The first kappa shape index (κ1) is 14.8. The van der Waals surface area contributed by atoms with Crippen LogP contribution in [0.5, 0.6) is 5.75 Å². The molecule has 1 N–H and O–H groups in total. The van der Waals surface area contributed by atoms with Gasteiger partial charge in [0, 0.05) is 13.7 Å². The van der Waals surface area contributed by atoms with E-state index in [9.17, 15) is 4.79 Å². The Kier molecular flexibility index (Phi) is 6.54. The molecule has 1 unspecified atom stereocenters. The number of carbonyl (C=O) groups is 1. The van der Waals surface area contributed by atoms with E-state index in [1.54, 1.807) is 14.2 Å². The van der Waals surface area contributed by atoms with Crippen molar-refractivity contribution >= 4 is 17.5 Å². The van der Waals surface area contributed by atoms with Gasteiger partial charge in [-0.1, -0.05) is 12.1 Å². The average Bonchev–Trinajstić information content (AvgIpc) is 2.37. The van der Waals surface area contributed by atoms with Crippen LogP contribution in [0.4, 0.5) is 0 Å². The van der Waals surface area contributed by atoms with E-state index >= 15 is 0 Å². The summed E-state index contributed by atoms with van der Waals surface area (Å²) in [7, 11) is 3.18. The molecule has 0 spiro atoms. The van der Waals surface area contributed by atoms with E-state index in [4.69, 9.17) is 21.1 Å². The monoisotopic (exact) mass is 271 g/mol. The van der Waals surface area contributed by atoms with Crippen LogP contribution < -0.4 is 10.1 Å². The van der Waals surface area contributed by atoms with Gasteiger partial charge in [0.05, 0.1) is 25.5 Å². The van der Waals surface area contributed by atoms with Crippen molar-refractivity contribution in [1.82, 2.24) is 5.32 Å². The molecular weight excluding hydrogens is 254 g/mol. The number of alkyl halides is 1. The first-order valence-electron chi connectivity index (χ1n) is 5.68. The van der Waals surface area contributed by atoms with Crippen molar-refractivity contribution in [3.05, 3.63) is 29.8 Å². The highest BCUT2D eigenvalue weighted by Crippen LogP contribution is 2.12. The van der Waals surface area contributed by atoms with E-state index in [1.165, 1.54) is 0 Å². The molecule has 0 heterocycles. The number of hydrogen-bond donors (Lipinski definition) is 1. The van der Waals surface area contributed by atoms with Gasteiger partial charge >= 0.3 is 0 Å². The number of benzene rings is 1. The second-order valence-electron chi connectivity index (χ2n) is 3.89. The van der Waals surface area contributed by atoms with Crippen LogP contribution in [0.15, 0.2) is 24.3 Å². The van der Waals surface area contributed by atoms with E-state index in [0.717, 1.165) is 11.3 Å². The van der Waals surface area contributed by atoms with Gasteiger partial charge < -0.3 is 14.8 Å². The van der Waals surface area contributed by atoms with Gasteiger partial charge in [-0.3, -0.25) is 4.79 Å². The Bertz CT molecular complexity index is 384. The molecule has 0 radical (unpaired) electrons. The Labute approximate surface area is 112 Å². The molecule has 1 aromatic carbocycles. The molecule has 1 aromatic rings. The Morgan fingerprint density at radius 1 is 1.44 bits per heavy atom. The summed E-state index contributed by atoms with van der Waals surface area (Å²) in [6.45, 7) is 0.819. The molecule has 0 aliphatic rings. The molecule has 0 fully saturated rings. The van der Waals surface area contributed by atoms with Crippen LogP contribution in [-0.2, 0) is 16.0 Å². The SMILES string of the molecule is COCC(Cl)CNC(=O)Cc1cccc(OC)c1. The Hall–Kier alpha value is -1.26. The first-order chi connectivity index (χ1) is 8.65. The van der Waals surface area contributed by atoms with Crippen molar-refractivity contribution < 1.29 is 14.3 Å². The van der Waals surface area contributed by atoms with Crippen molar-refractivity contribution in [1.29, 1.82) is 0 Å². The summed E-state index contributed by atoms with van der Waals surface area (Å²) in [6, 6.07) is 7.42. The molecular formula is C13H18ClNO3. The van der Waals surface area contributed by atoms with Gasteiger partial charge in [0.15, 0.2) is 0 Å².